The van der Waals surface area contributed by atoms with Crippen molar-refractivity contribution in [1.29, 1.82) is 0 Å². The number of amides is 1. The fraction of sp³-hybridized carbons (Fsp3) is 0.296. The van der Waals surface area contributed by atoms with Gasteiger partial charge in [-0.05, 0) is 55.8 Å². The molecule has 1 aliphatic heterocycles. The first kappa shape index (κ1) is 24.1. The quantitative estimate of drug-likeness (QED) is 0.392. The molecule has 0 bridgehead atoms. The van der Waals surface area contributed by atoms with E-state index in [0.29, 0.717) is 36.8 Å². The Morgan fingerprint density at radius 3 is 2.56 bits per heavy atom. The zero-order valence-corrected chi connectivity index (χ0v) is 21.4. The molecule has 0 radical (unpaired) electrons. The number of hydrogen-bond donors (Lipinski definition) is 0. The van der Waals surface area contributed by atoms with Gasteiger partial charge in [0.2, 0.25) is 15.7 Å². The van der Waals surface area contributed by atoms with Gasteiger partial charge in [-0.25, -0.2) is 8.42 Å². The fourth-order valence-electron chi connectivity index (χ4n) is 4.83. The molecule has 8 nitrogen and oxygen atoms in total. The molecule has 1 unspecified atom stereocenters. The second-order valence-electron chi connectivity index (χ2n) is 9.18. The summed E-state index contributed by atoms with van der Waals surface area (Å²) in [7, 11) is -2.16. The van der Waals surface area contributed by atoms with Crippen molar-refractivity contribution < 1.29 is 22.4 Å². The minimum Gasteiger partial charge on any atom is -0.497 e. The number of furan rings is 1. The molecular weight excluding hydrogens is 478 g/mol. The number of fused-ring (bicyclic) bond motifs is 1. The Hall–Kier alpha value is -3.56. The van der Waals surface area contributed by atoms with Crippen molar-refractivity contribution in [1.82, 2.24) is 13.8 Å². The molecule has 1 atom stereocenters. The lowest BCUT2D eigenvalue weighted by molar-refractivity contribution is 0.0632. The molecule has 0 saturated carbocycles. The Kier molecular flexibility index (Phi) is 6.36. The third kappa shape index (κ3) is 4.40. The summed E-state index contributed by atoms with van der Waals surface area (Å²) in [5, 5.41) is 0.861. The Morgan fingerprint density at radius 2 is 1.86 bits per heavy atom. The first-order chi connectivity index (χ1) is 17.3. The summed E-state index contributed by atoms with van der Waals surface area (Å²) in [5.74, 6) is 0.458. The standard InChI is InChI=1S/C27H29N3O5S/c1-19-5-4-6-21(15-19)18-29-25(16-22-11-14-35-27(22)29)26(31)28-12-13-30(20(2)17-28)36(32,33)24-9-7-23(34-3)8-10-24/h4-11,14-16,20H,12-13,17-18H2,1-3H3. The van der Waals surface area contributed by atoms with Crippen LogP contribution in [0.3, 0.4) is 0 Å². The Labute approximate surface area is 210 Å². The van der Waals surface area contributed by atoms with Gasteiger partial charge in [0.25, 0.3) is 5.91 Å². The van der Waals surface area contributed by atoms with Crippen molar-refractivity contribution in [3.05, 3.63) is 83.7 Å². The van der Waals surface area contributed by atoms with E-state index in [1.54, 1.807) is 35.4 Å². The van der Waals surface area contributed by atoms with Crippen LogP contribution in [-0.2, 0) is 16.6 Å². The summed E-state index contributed by atoms with van der Waals surface area (Å²) < 4.78 is 40.8. The molecule has 0 aliphatic carbocycles. The molecule has 1 amide bonds. The maximum Gasteiger partial charge on any atom is 0.270 e. The number of methoxy groups -OCH3 is 1. The van der Waals surface area contributed by atoms with E-state index in [-0.39, 0.29) is 23.4 Å². The van der Waals surface area contributed by atoms with Crippen molar-refractivity contribution in [2.45, 2.75) is 31.3 Å². The van der Waals surface area contributed by atoms with Crippen LogP contribution in [0.1, 0.15) is 28.5 Å². The number of carbonyl (C=O) groups excluding carboxylic acids is 1. The minimum atomic E-state index is -3.69. The zero-order valence-electron chi connectivity index (χ0n) is 20.5. The Balaban J connectivity index is 1.37. The minimum absolute atomic E-state index is 0.137. The van der Waals surface area contributed by atoms with Gasteiger partial charge in [0, 0.05) is 31.1 Å². The van der Waals surface area contributed by atoms with Crippen molar-refractivity contribution in [2.24, 2.45) is 0 Å². The number of aryl methyl sites for hydroxylation is 1. The molecule has 1 fully saturated rings. The maximum atomic E-state index is 13.7. The lowest BCUT2D eigenvalue weighted by Crippen LogP contribution is -2.55. The van der Waals surface area contributed by atoms with Gasteiger partial charge in [-0.3, -0.25) is 4.79 Å². The predicted octanol–water partition coefficient (Wildman–Crippen LogP) is 4.13. The highest BCUT2D eigenvalue weighted by Gasteiger charge is 2.36. The van der Waals surface area contributed by atoms with Gasteiger partial charge in [-0.1, -0.05) is 29.8 Å². The lowest BCUT2D eigenvalue weighted by Gasteiger charge is -2.39. The van der Waals surface area contributed by atoms with Crippen LogP contribution in [0.15, 0.2) is 76.2 Å². The number of benzene rings is 2. The Bertz CT molecular complexity index is 1500. The van der Waals surface area contributed by atoms with Crippen LogP contribution in [0, 0.1) is 6.92 Å². The molecule has 9 heteroatoms. The number of ether oxygens (including phenoxy) is 1. The zero-order chi connectivity index (χ0) is 25.4. The van der Waals surface area contributed by atoms with Crippen molar-refractivity contribution in [3.63, 3.8) is 0 Å². The van der Waals surface area contributed by atoms with E-state index in [2.05, 4.69) is 6.07 Å². The van der Waals surface area contributed by atoms with Crippen LogP contribution >= 0.6 is 0 Å². The van der Waals surface area contributed by atoms with Crippen molar-refractivity contribution >= 4 is 27.0 Å². The number of carbonyl (C=O) groups is 1. The van der Waals surface area contributed by atoms with Crippen LogP contribution in [0.2, 0.25) is 0 Å². The van der Waals surface area contributed by atoms with E-state index >= 15 is 0 Å². The second kappa shape index (κ2) is 9.48. The van der Waals surface area contributed by atoms with Gasteiger partial charge in [0.05, 0.1) is 24.8 Å². The molecule has 0 N–H and O–H groups in total. The van der Waals surface area contributed by atoms with E-state index in [9.17, 15) is 13.2 Å². The van der Waals surface area contributed by atoms with E-state index in [1.807, 2.05) is 48.7 Å². The largest absolute Gasteiger partial charge is 0.497 e. The normalized spacial score (nSPS) is 17.0. The van der Waals surface area contributed by atoms with Crippen molar-refractivity contribution in [2.75, 3.05) is 26.7 Å². The van der Waals surface area contributed by atoms with E-state index < -0.39 is 10.0 Å². The molecule has 36 heavy (non-hydrogen) atoms. The van der Waals surface area contributed by atoms with Crippen LogP contribution in [-0.4, -0.2) is 60.9 Å². The summed E-state index contributed by atoms with van der Waals surface area (Å²) in [4.78, 5) is 15.6. The number of hydrogen-bond acceptors (Lipinski definition) is 5. The molecule has 188 valence electrons. The SMILES string of the molecule is COc1ccc(S(=O)(=O)N2CCN(C(=O)c3cc4ccoc4n3Cc3cccc(C)c3)CC2C)cc1. The lowest BCUT2D eigenvalue weighted by atomic mass is 10.1. The molecule has 4 aromatic rings. The van der Waals surface area contributed by atoms with E-state index in [1.165, 1.54) is 11.4 Å². The summed E-state index contributed by atoms with van der Waals surface area (Å²) in [6.45, 7) is 5.19. The molecule has 2 aromatic carbocycles. The number of aromatic nitrogens is 1. The number of nitrogens with zero attached hydrogens (tertiary/aromatic N) is 3. The molecule has 3 heterocycles. The Morgan fingerprint density at radius 1 is 1.08 bits per heavy atom. The summed E-state index contributed by atoms with van der Waals surface area (Å²) in [6, 6.07) is 17.8. The fourth-order valence-corrected chi connectivity index (χ4v) is 6.44. The van der Waals surface area contributed by atoms with Gasteiger partial charge in [0.1, 0.15) is 11.4 Å². The average molecular weight is 508 g/mol. The van der Waals surface area contributed by atoms with Gasteiger partial charge in [-0.2, -0.15) is 4.31 Å². The topological polar surface area (TPSA) is 85.0 Å². The summed E-state index contributed by atoms with van der Waals surface area (Å²) >= 11 is 0. The molecular formula is C27H29N3O5S. The van der Waals surface area contributed by atoms with Crippen molar-refractivity contribution in [3.8, 4) is 5.75 Å². The third-order valence-corrected chi connectivity index (χ3v) is 8.69. The van der Waals surface area contributed by atoms with Crippen LogP contribution in [0.25, 0.3) is 11.1 Å². The summed E-state index contributed by atoms with van der Waals surface area (Å²) in [5.41, 5.74) is 3.39. The van der Waals surface area contributed by atoms with Crippen LogP contribution in [0.4, 0.5) is 0 Å². The van der Waals surface area contributed by atoms with Gasteiger partial charge in [0.15, 0.2) is 0 Å². The maximum absolute atomic E-state index is 13.7. The number of rotatable bonds is 6. The molecule has 5 rings (SSSR count). The van der Waals surface area contributed by atoms with Gasteiger partial charge >= 0.3 is 0 Å². The second-order valence-corrected chi connectivity index (χ2v) is 11.1. The molecule has 0 spiro atoms. The number of piperazine rings is 1. The third-order valence-electron chi connectivity index (χ3n) is 6.66. The molecule has 1 aliphatic rings. The first-order valence-corrected chi connectivity index (χ1v) is 13.3. The highest BCUT2D eigenvalue weighted by molar-refractivity contribution is 7.89. The van der Waals surface area contributed by atoms with Crippen LogP contribution in [0.5, 0.6) is 5.75 Å². The molecule has 2 aromatic heterocycles. The van der Waals surface area contributed by atoms with Crippen LogP contribution < -0.4 is 4.74 Å². The monoisotopic (exact) mass is 507 g/mol. The van der Waals surface area contributed by atoms with E-state index in [4.69, 9.17) is 9.15 Å². The molecule has 1 saturated heterocycles. The average Bonchev–Trinajstić information content (AvgIpc) is 3.46. The highest BCUT2D eigenvalue weighted by atomic mass is 32.2. The smallest absolute Gasteiger partial charge is 0.270 e. The first-order valence-electron chi connectivity index (χ1n) is 11.9. The summed E-state index contributed by atoms with van der Waals surface area (Å²) in [6.07, 6.45) is 1.62. The van der Waals surface area contributed by atoms with Gasteiger partial charge < -0.3 is 18.6 Å². The predicted molar refractivity (Wildman–Crippen MR) is 137 cm³/mol. The highest BCUT2D eigenvalue weighted by Crippen LogP contribution is 2.27. The van der Waals surface area contributed by atoms with Gasteiger partial charge in [-0.15, -0.1) is 0 Å². The number of sulfonamides is 1. The van der Waals surface area contributed by atoms with E-state index in [0.717, 1.165) is 16.5 Å².